The molecule has 0 bridgehead atoms. The summed E-state index contributed by atoms with van der Waals surface area (Å²) in [5, 5.41) is 0. The molecule has 0 N–H and O–H groups in total. The molecule has 0 aromatic heterocycles. The molecule has 0 aromatic carbocycles. The molecule has 4 heteroatoms. The lowest BCUT2D eigenvalue weighted by atomic mass is 11.5. The van der Waals surface area contributed by atoms with Crippen LogP contribution in [0.25, 0.3) is 0 Å². The van der Waals surface area contributed by atoms with Crippen molar-refractivity contribution in [3.8, 4) is 0 Å². The normalized spacial score (nSPS) is 11.0. The first-order chi connectivity index (χ1) is 2.91. The van der Waals surface area contributed by atoms with E-state index in [1.54, 1.807) is 0 Å². The highest BCUT2D eigenvalue weighted by Gasteiger charge is 1.72. The Bertz CT molecular complexity index is 20.8. The van der Waals surface area contributed by atoms with Crippen molar-refractivity contribution in [3.05, 3.63) is 0 Å². The minimum atomic E-state index is 0.765. The predicted molar refractivity (Wildman–Crippen MR) is 38.6 cm³/mol. The van der Waals surface area contributed by atoms with E-state index in [9.17, 15) is 0 Å². The van der Waals surface area contributed by atoms with Crippen molar-refractivity contribution < 1.29 is 4.74 Å². The summed E-state index contributed by atoms with van der Waals surface area (Å²) in [6.07, 6.45) is 1.65. The smallest absolute Gasteiger partial charge is 0.0670 e. The van der Waals surface area contributed by atoms with Gasteiger partial charge in [-0.25, -0.2) is 0 Å². The maximum absolute atomic E-state index is 4.94. The third-order valence-corrected chi connectivity index (χ3v) is 1.41. The average Bonchev–Trinajstić information content (AvgIpc) is 1.61. The van der Waals surface area contributed by atoms with Gasteiger partial charge in [0, 0.05) is 0 Å². The molecule has 0 rings (SSSR count). The van der Waals surface area contributed by atoms with Crippen LogP contribution in [0.15, 0.2) is 0 Å². The van der Waals surface area contributed by atoms with Gasteiger partial charge in [-0.05, 0) is 0 Å². The van der Waals surface area contributed by atoms with Gasteiger partial charge in [-0.2, -0.15) is 0 Å². The molecule has 0 radical (unpaired) electrons. The van der Waals surface area contributed by atoms with E-state index in [-0.39, 0.29) is 0 Å². The standard InChI is InChI=1S/C2H9OP3/c4-1-3-2-6-5/h6H,1-2,4-5H2. The van der Waals surface area contributed by atoms with Gasteiger partial charge < -0.3 is 4.74 Å². The fourth-order valence-corrected chi connectivity index (χ4v) is 1.06. The number of ether oxygens (including phenoxy) is 1. The Morgan fingerprint density at radius 2 is 2.33 bits per heavy atom. The molecule has 6 heavy (non-hydrogen) atoms. The summed E-state index contributed by atoms with van der Waals surface area (Å²) in [6.45, 7) is 0. The molecule has 0 heterocycles. The van der Waals surface area contributed by atoms with Crippen molar-refractivity contribution in [2.45, 2.75) is 0 Å². The van der Waals surface area contributed by atoms with E-state index in [1.165, 1.54) is 0 Å². The zero-order chi connectivity index (χ0) is 4.83. The van der Waals surface area contributed by atoms with Crippen LogP contribution in [0.2, 0.25) is 0 Å². The second kappa shape index (κ2) is 6.25. The van der Waals surface area contributed by atoms with Crippen LogP contribution in [-0.4, -0.2) is 12.7 Å². The highest BCUT2D eigenvalue weighted by molar-refractivity contribution is 8.02. The Kier molecular flexibility index (Phi) is 7.55. The second-order valence-corrected chi connectivity index (χ2v) is 2.97. The lowest BCUT2D eigenvalue weighted by Gasteiger charge is -1.91. The van der Waals surface area contributed by atoms with Crippen LogP contribution in [0, 0.1) is 0 Å². The monoisotopic (exact) mass is 142 g/mol. The maximum atomic E-state index is 4.94. The molecule has 38 valence electrons. The van der Waals surface area contributed by atoms with E-state index in [2.05, 4.69) is 18.2 Å². The summed E-state index contributed by atoms with van der Waals surface area (Å²) < 4.78 is 4.94. The molecule has 0 fully saturated rings. The van der Waals surface area contributed by atoms with Gasteiger partial charge in [0.1, 0.15) is 0 Å². The maximum Gasteiger partial charge on any atom is 0.0670 e. The lowest BCUT2D eigenvalue weighted by Crippen LogP contribution is -1.78. The molecule has 0 amide bonds. The van der Waals surface area contributed by atoms with Crippen molar-refractivity contribution in [2.24, 2.45) is 0 Å². The zero-order valence-corrected chi connectivity index (χ0v) is 6.79. The van der Waals surface area contributed by atoms with E-state index in [0.29, 0.717) is 0 Å². The van der Waals surface area contributed by atoms with Gasteiger partial charge in [-0.15, -0.1) is 18.2 Å². The van der Waals surface area contributed by atoms with Crippen molar-refractivity contribution in [1.82, 2.24) is 0 Å². The summed E-state index contributed by atoms with van der Waals surface area (Å²) >= 11 is 0. The molecule has 0 aliphatic heterocycles. The Hall–Kier alpha value is 1.25. The van der Waals surface area contributed by atoms with Gasteiger partial charge in [0.25, 0.3) is 0 Å². The minimum Gasteiger partial charge on any atom is -0.373 e. The quantitative estimate of drug-likeness (QED) is 0.425. The SMILES string of the molecule is PCOCPP. The van der Waals surface area contributed by atoms with Crippen molar-refractivity contribution >= 4 is 26.4 Å². The van der Waals surface area contributed by atoms with E-state index in [4.69, 9.17) is 4.74 Å². The average molecular weight is 142 g/mol. The van der Waals surface area contributed by atoms with E-state index in [0.717, 1.165) is 21.0 Å². The molecule has 0 spiro atoms. The summed E-state index contributed by atoms with van der Waals surface area (Å²) in [4.78, 5) is 0. The van der Waals surface area contributed by atoms with Crippen LogP contribution in [0.3, 0.4) is 0 Å². The van der Waals surface area contributed by atoms with Crippen LogP contribution in [0.5, 0.6) is 0 Å². The van der Waals surface area contributed by atoms with E-state index < -0.39 is 0 Å². The summed E-state index contributed by atoms with van der Waals surface area (Å²) in [5.41, 5.74) is 0. The fraction of sp³-hybridized carbons (Fsp3) is 1.00. The van der Waals surface area contributed by atoms with Crippen LogP contribution in [0.1, 0.15) is 0 Å². The first kappa shape index (κ1) is 7.25. The zero-order valence-electron chi connectivity index (χ0n) is 3.48. The highest BCUT2D eigenvalue weighted by atomic mass is 32.0. The van der Waals surface area contributed by atoms with Gasteiger partial charge in [0.15, 0.2) is 0 Å². The third-order valence-electron chi connectivity index (χ3n) is 0.303. The molecular weight excluding hydrogens is 133 g/mol. The summed E-state index contributed by atoms with van der Waals surface area (Å²) in [6, 6.07) is 0. The Balaban J connectivity index is 2.34. The highest BCUT2D eigenvalue weighted by Crippen LogP contribution is 2.18. The lowest BCUT2D eigenvalue weighted by molar-refractivity contribution is 0.239. The van der Waals surface area contributed by atoms with Crippen molar-refractivity contribution in [2.75, 3.05) is 12.7 Å². The van der Waals surface area contributed by atoms with Crippen molar-refractivity contribution in [3.63, 3.8) is 0 Å². The third kappa shape index (κ3) is 5.25. The Morgan fingerprint density at radius 1 is 1.67 bits per heavy atom. The molecule has 3 unspecified atom stereocenters. The van der Waals surface area contributed by atoms with Gasteiger partial charge in [0.2, 0.25) is 0 Å². The molecular formula is C2H9OP3. The number of hydrogen-bond donors (Lipinski definition) is 0. The van der Waals surface area contributed by atoms with Gasteiger partial charge in [-0.1, -0.05) is 8.27 Å². The largest absolute Gasteiger partial charge is 0.373 e. The first-order valence-electron chi connectivity index (χ1n) is 1.63. The second-order valence-electron chi connectivity index (χ2n) is 0.719. The molecule has 1 nitrogen and oxygen atoms in total. The Labute approximate surface area is 44.7 Å². The molecule has 0 aromatic rings. The molecule has 0 aliphatic rings. The van der Waals surface area contributed by atoms with Crippen LogP contribution in [0.4, 0.5) is 0 Å². The summed E-state index contributed by atoms with van der Waals surface area (Å²) in [7, 11) is 5.97. The van der Waals surface area contributed by atoms with Gasteiger partial charge in [0.05, 0.1) is 12.7 Å². The number of rotatable bonds is 3. The molecule has 0 saturated carbocycles. The predicted octanol–water partition coefficient (Wildman–Crippen LogP) is 1.26. The molecule has 0 aliphatic carbocycles. The number of hydrogen-bond acceptors (Lipinski definition) is 1. The molecule has 0 saturated heterocycles. The summed E-state index contributed by atoms with van der Waals surface area (Å²) in [5.74, 6) is 0. The Morgan fingerprint density at radius 3 is 2.50 bits per heavy atom. The fourth-order valence-electron chi connectivity index (χ4n) is 0.118. The molecule has 3 atom stereocenters. The topological polar surface area (TPSA) is 9.23 Å². The van der Waals surface area contributed by atoms with Crippen molar-refractivity contribution in [1.29, 1.82) is 0 Å². The van der Waals surface area contributed by atoms with Crippen LogP contribution >= 0.6 is 26.4 Å². The van der Waals surface area contributed by atoms with Gasteiger partial charge >= 0.3 is 0 Å². The first-order valence-corrected chi connectivity index (χ1v) is 5.46. The van der Waals surface area contributed by atoms with Gasteiger partial charge in [-0.3, -0.25) is 0 Å². The minimum absolute atomic E-state index is 0.765. The van der Waals surface area contributed by atoms with E-state index in [1.807, 2.05) is 0 Å². The van der Waals surface area contributed by atoms with Crippen LogP contribution in [-0.2, 0) is 4.74 Å². The van der Waals surface area contributed by atoms with E-state index >= 15 is 0 Å². The van der Waals surface area contributed by atoms with Crippen LogP contribution < -0.4 is 0 Å².